The van der Waals surface area contributed by atoms with Crippen molar-refractivity contribution in [2.75, 3.05) is 7.11 Å². The number of carbonyl (C=O) groups excluding carboxylic acids is 1. The molecular weight excluding hydrogens is 308 g/mol. The van der Waals surface area contributed by atoms with Gasteiger partial charge in [-0.15, -0.1) is 0 Å². The predicted molar refractivity (Wildman–Crippen MR) is 93.1 cm³/mol. The lowest BCUT2D eigenvalue weighted by Crippen LogP contribution is -2.11. The van der Waals surface area contributed by atoms with Gasteiger partial charge in [0, 0.05) is 19.3 Å². The molecule has 0 spiro atoms. The molecule has 1 saturated heterocycles. The van der Waals surface area contributed by atoms with Gasteiger partial charge < -0.3 is 9.47 Å². The van der Waals surface area contributed by atoms with E-state index in [9.17, 15) is 4.79 Å². The van der Waals surface area contributed by atoms with Gasteiger partial charge in [-0.3, -0.25) is 4.79 Å². The Kier molecular flexibility index (Phi) is 12.7. The van der Waals surface area contributed by atoms with Crippen LogP contribution in [-0.2, 0) is 24.0 Å². The van der Waals surface area contributed by atoms with Crippen molar-refractivity contribution in [3.8, 4) is 0 Å². The summed E-state index contributed by atoms with van der Waals surface area (Å²) < 4.78 is 10.3. The van der Waals surface area contributed by atoms with E-state index in [1.54, 1.807) is 0 Å². The van der Waals surface area contributed by atoms with E-state index in [0.29, 0.717) is 6.42 Å². The van der Waals surface area contributed by atoms with Crippen LogP contribution in [0, 0.1) is 0 Å². The second-order valence-electron chi connectivity index (χ2n) is 6.27. The molecule has 1 heterocycles. The standard InChI is InChI=1S/C19H34O5/c1-3-4-5-6-9-12-15-18-22-19(24-23-18)16-13-10-7-8-11-14-17(20)21-2/h9,12,18-19H,3-8,10-11,13-16H2,1-2H3. The lowest BCUT2D eigenvalue weighted by atomic mass is 10.1. The Labute approximate surface area is 146 Å². The van der Waals surface area contributed by atoms with Crippen molar-refractivity contribution < 1.29 is 24.0 Å². The largest absolute Gasteiger partial charge is 0.469 e. The van der Waals surface area contributed by atoms with Crippen LogP contribution in [0.1, 0.15) is 84.0 Å². The van der Waals surface area contributed by atoms with E-state index in [4.69, 9.17) is 14.5 Å². The van der Waals surface area contributed by atoms with E-state index in [2.05, 4.69) is 23.8 Å². The molecule has 0 aromatic rings. The van der Waals surface area contributed by atoms with E-state index >= 15 is 0 Å². The topological polar surface area (TPSA) is 54.0 Å². The molecular formula is C19H34O5. The average molecular weight is 342 g/mol. The van der Waals surface area contributed by atoms with Gasteiger partial charge in [0.25, 0.3) is 0 Å². The fraction of sp³-hybridized carbons (Fsp3) is 0.842. The first-order valence-corrected chi connectivity index (χ1v) is 9.45. The van der Waals surface area contributed by atoms with E-state index in [1.807, 2.05) is 0 Å². The molecule has 0 amide bonds. The summed E-state index contributed by atoms with van der Waals surface area (Å²) >= 11 is 0. The second kappa shape index (κ2) is 14.4. The van der Waals surface area contributed by atoms with Gasteiger partial charge in [-0.2, -0.15) is 0 Å². The molecule has 1 rings (SSSR count). The van der Waals surface area contributed by atoms with Gasteiger partial charge in [0.1, 0.15) is 0 Å². The molecule has 2 atom stereocenters. The Balaban J connectivity index is 1.92. The molecule has 0 aromatic carbocycles. The number of ether oxygens (including phenoxy) is 2. The van der Waals surface area contributed by atoms with Crippen LogP contribution >= 0.6 is 0 Å². The second-order valence-corrected chi connectivity index (χ2v) is 6.27. The highest BCUT2D eigenvalue weighted by Crippen LogP contribution is 2.21. The zero-order valence-electron chi connectivity index (χ0n) is 15.3. The maximum Gasteiger partial charge on any atom is 0.305 e. The zero-order valence-corrected chi connectivity index (χ0v) is 15.3. The minimum Gasteiger partial charge on any atom is -0.469 e. The van der Waals surface area contributed by atoms with Crippen LogP contribution in [-0.4, -0.2) is 25.7 Å². The highest BCUT2D eigenvalue weighted by molar-refractivity contribution is 5.68. The maximum absolute atomic E-state index is 11.0. The minimum absolute atomic E-state index is 0.120. The number of carbonyl (C=O) groups is 1. The Hall–Kier alpha value is -0.910. The van der Waals surface area contributed by atoms with Crippen LogP contribution in [0.25, 0.3) is 0 Å². The van der Waals surface area contributed by atoms with Gasteiger partial charge in [0.15, 0.2) is 12.6 Å². The monoisotopic (exact) mass is 342 g/mol. The lowest BCUT2D eigenvalue weighted by Gasteiger charge is -2.07. The lowest BCUT2D eigenvalue weighted by molar-refractivity contribution is -0.296. The van der Waals surface area contributed by atoms with Gasteiger partial charge in [-0.05, 0) is 25.7 Å². The van der Waals surface area contributed by atoms with Crippen LogP contribution in [0.15, 0.2) is 12.2 Å². The van der Waals surface area contributed by atoms with Crippen molar-refractivity contribution >= 4 is 5.97 Å². The number of esters is 1. The molecule has 1 aliphatic heterocycles. The number of rotatable bonds is 14. The van der Waals surface area contributed by atoms with Crippen molar-refractivity contribution in [2.45, 2.75) is 96.6 Å². The molecule has 0 aromatic heterocycles. The van der Waals surface area contributed by atoms with Crippen molar-refractivity contribution in [1.29, 1.82) is 0 Å². The number of methoxy groups -OCH3 is 1. The molecule has 5 heteroatoms. The quantitative estimate of drug-likeness (QED) is 0.191. The van der Waals surface area contributed by atoms with Gasteiger partial charge >= 0.3 is 5.97 Å². The van der Waals surface area contributed by atoms with E-state index in [-0.39, 0.29) is 18.5 Å². The SMILES string of the molecule is CCCCCC=CCC1OOC(CCCCCCCC(=O)OC)O1. The first-order valence-electron chi connectivity index (χ1n) is 9.45. The summed E-state index contributed by atoms with van der Waals surface area (Å²) in [6.45, 7) is 2.21. The third-order valence-corrected chi connectivity index (χ3v) is 4.09. The van der Waals surface area contributed by atoms with Crippen molar-refractivity contribution in [2.24, 2.45) is 0 Å². The number of allylic oxidation sites excluding steroid dienone is 1. The fourth-order valence-electron chi connectivity index (χ4n) is 2.60. The molecule has 0 N–H and O–H groups in total. The molecule has 5 nitrogen and oxygen atoms in total. The molecule has 24 heavy (non-hydrogen) atoms. The Bertz CT molecular complexity index is 343. The third-order valence-electron chi connectivity index (χ3n) is 4.09. The molecule has 0 bridgehead atoms. The normalized spacial score (nSPS) is 20.8. The van der Waals surface area contributed by atoms with Crippen molar-refractivity contribution in [1.82, 2.24) is 0 Å². The fourth-order valence-corrected chi connectivity index (χ4v) is 2.60. The number of hydrogen-bond donors (Lipinski definition) is 0. The van der Waals surface area contributed by atoms with Crippen LogP contribution in [0.3, 0.4) is 0 Å². The van der Waals surface area contributed by atoms with Gasteiger partial charge in [-0.1, -0.05) is 51.2 Å². The summed E-state index contributed by atoms with van der Waals surface area (Å²) in [5.41, 5.74) is 0. The smallest absolute Gasteiger partial charge is 0.305 e. The Morgan fingerprint density at radius 3 is 2.50 bits per heavy atom. The molecule has 0 aliphatic carbocycles. The minimum atomic E-state index is -0.266. The summed E-state index contributed by atoms with van der Waals surface area (Å²) in [7, 11) is 1.43. The van der Waals surface area contributed by atoms with E-state index in [1.165, 1.54) is 26.4 Å². The summed E-state index contributed by atoms with van der Waals surface area (Å²) in [5.74, 6) is -0.120. The summed E-state index contributed by atoms with van der Waals surface area (Å²) in [6.07, 6.45) is 16.1. The van der Waals surface area contributed by atoms with Gasteiger partial charge in [0.2, 0.25) is 0 Å². The van der Waals surface area contributed by atoms with Gasteiger partial charge in [0.05, 0.1) is 7.11 Å². The average Bonchev–Trinajstić information content (AvgIpc) is 3.04. The highest BCUT2D eigenvalue weighted by atomic mass is 17.3. The molecule has 0 saturated carbocycles. The first kappa shape index (κ1) is 21.1. The molecule has 0 radical (unpaired) electrons. The van der Waals surface area contributed by atoms with Crippen molar-refractivity contribution in [3.63, 3.8) is 0 Å². The molecule has 140 valence electrons. The van der Waals surface area contributed by atoms with E-state index in [0.717, 1.165) is 51.4 Å². The summed E-state index contributed by atoms with van der Waals surface area (Å²) in [6, 6.07) is 0. The van der Waals surface area contributed by atoms with Crippen molar-refractivity contribution in [3.05, 3.63) is 12.2 Å². The molecule has 1 aliphatic rings. The van der Waals surface area contributed by atoms with Crippen LogP contribution in [0.4, 0.5) is 0 Å². The number of unbranched alkanes of at least 4 members (excludes halogenated alkanes) is 7. The Morgan fingerprint density at radius 1 is 0.958 bits per heavy atom. The number of hydrogen-bond acceptors (Lipinski definition) is 5. The first-order chi connectivity index (χ1) is 11.8. The van der Waals surface area contributed by atoms with Crippen LogP contribution in [0.2, 0.25) is 0 Å². The highest BCUT2D eigenvalue weighted by Gasteiger charge is 2.26. The Morgan fingerprint density at radius 2 is 1.71 bits per heavy atom. The van der Waals surface area contributed by atoms with Crippen LogP contribution < -0.4 is 0 Å². The molecule has 2 unspecified atom stereocenters. The predicted octanol–water partition coefficient (Wildman–Crippen LogP) is 5.05. The van der Waals surface area contributed by atoms with Crippen LogP contribution in [0.5, 0.6) is 0 Å². The van der Waals surface area contributed by atoms with Gasteiger partial charge in [-0.25, -0.2) is 9.78 Å². The maximum atomic E-state index is 11.0. The summed E-state index contributed by atoms with van der Waals surface area (Å²) in [5, 5.41) is 0. The van der Waals surface area contributed by atoms with E-state index < -0.39 is 0 Å². The third kappa shape index (κ3) is 10.8. The summed E-state index contributed by atoms with van der Waals surface area (Å²) in [4.78, 5) is 21.4. The zero-order chi connectivity index (χ0) is 17.5. The molecule has 1 fully saturated rings.